The Bertz CT molecular complexity index is 569. The standard InChI is InChI=1S/C17H20N2O2S/c1-22-13-11-16(20)18-15-8-5-12-19(15)17(21)10-9-14-6-3-2-4-7-14/h2-4,6-7,9-11,13,15H,5,8,12H2,1H3,(H,18,20)/b10-9+,13-11+. The Balaban J connectivity index is 1.95. The topological polar surface area (TPSA) is 49.4 Å². The molecular weight excluding hydrogens is 296 g/mol. The van der Waals surface area contributed by atoms with Gasteiger partial charge in [-0.1, -0.05) is 30.3 Å². The quantitative estimate of drug-likeness (QED) is 0.850. The zero-order valence-electron chi connectivity index (χ0n) is 12.6. The highest BCUT2D eigenvalue weighted by Crippen LogP contribution is 2.16. The van der Waals surface area contributed by atoms with Gasteiger partial charge in [-0.05, 0) is 36.1 Å². The predicted molar refractivity (Wildman–Crippen MR) is 91.0 cm³/mol. The summed E-state index contributed by atoms with van der Waals surface area (Å²) in [5.41, 5.74) is 0.985. The van der Waals surface area contributed by atoms with Crippen LogP contribution in [0.5, 0.6) is 0 Å². The first kappa shape index (κ1) is 16.4. The highest BCUT2D eigenvalue weighted by molar-refractivity contribution is 8.01. The monoisotopic (exact) mass is 316 g/mol. The number of hydrogen-bond donors (Lipinski definition) is 1. The lowest BCUT2D eigenvalue weighted by molar-refractivity contribution is -0.128. The van der Waals surface area contributed by atoms with Gasteiger partial charge >= 0.3 is 0 Å². The fourth-order valence-electron chi connectivity index (χ4n) is 2.35. The number of carbonyl (C=O) groups excluding carboxylic acids is 2. The third-order valence-electron chi connectivity index (χ3n) is 3.42. The van der Waals surface area contributed by atoms with Gasteiger partial charge in [-0.15, -0.1) is 11.8 Å². The lowest BCUT2D eigenvalue weighted by Gasteiger charge is -2.23. The van der Waals surface area contributed by atoms with E-state index < -0.39 is 0 Å². The fraction of sp³-hybridized carbons (Fsp3) is 0.294. The van der Waals surface area contributed by atoms with E-state index in [1.54, 1.807) is 22.5 Å². The summed E-state index contributed by atoms with van der Waals surface area (Å²) in [5, 5.41) is 4.60. The maximum Gasteiger partial charge on any atom is 0.248 e. The molecule has 1 unspecified atom stereocenters. The molecule has 22 heavy (non-hydrogen) atoms. The number of benzene rings is 1. The summed E-state index contributed by atoms with van der Waals surface area (Å²) in [7, 11) is 0. The second-order valence-electron chi connectivity index (χ2n) is 4.98. The molecule has 1 atom stereocenters. The highest BCUT2D eigenvalue weighted by atomic mass is 32.2. The maximum absolute atomic E-state index is 12.3. The van der Waals surface area contributed by atoms with Crippen LogP contribution in [0.15, 0.2) is 47.9 Å². The van der Waals surface area contributed by atoms with Crippen LogP contribution in [0.3, 0.4) is 0 Å². The van der Waals surface area contributed by atoms with Gasteiger partial charge in [0.2, 0.25) is 11.8 Å². The average molecular weight is 316 g/mol. The number of likely N-dealkylation sites (tertiary alicyclic amines) is 1. The first-order valence-corrected chi connectivity index (χ1v) is 8.53. The molecule has 1 fully saturated rings. The maximum atomic E-state index is 12.3. The molecule has 4 nitrogen and oxygen atoms in total. The van der Waals surface area contributed by atoms with Crippen molar-refractivity contribution in [2.24, 2.45) is 0 Å². The van der Waals surface area contributed by atoms with Crippen LogP contribution in [-0.2, 0) is 9.59 Å². The summed E-state index contributed by atoms with van der Waals surface area (Å²) in [6.07, 6.45) is 8.23. The van der Waals surface area contributed by atoms with E-state index in [1.165, 1.54) is 17.8 Å². The number of hydrogen-bond acceptors (Lipinski definition) is 3. The smallest absolute Gasteiger partial charge is 0.248 e. The fourth-order valence-corrected chi connectivity index (χ4v) is 2.61. The van der Waals surface area contributed by atoms with E-state index in [2.05, 4.69) is 5.32 Å². The SMILES string of the molecule is CS/C=C/C(=O)NC1CCCN1C(=O)/C=C/c1ccccc1. The predicted octanol–water partition coefficient (Wildman–Crippen LogP) is 2.64. The summed E-state index contributed by atoms with van der Waals surface area (Å²) in [5.74, 6) is -0.230. The van der Waals surface area contributed by atoms with E-state index in [1.807, 2.05) is 36.6 Å². The normalized spacial score (nSPS) is 18.2. The van der Waals surface area contributed by atoms with Crippen molar-refractivity contribution < 1.29 is 9.59 Å². The zero-order valence-corrected chi connectivity index (χ0v) is 13.4. The highest BCUT2D eigenvalue weighted by Gasteiger charge is 2.28. The molecule has 0 aliphatic carbocycles. The van der Waals surface area contributed by atoms with Crippen LogP contribution in [0.1, 0.15) is 18.4 Å². The molecule has 0 saturated carbocycles. The second kappa shape index (κ2) is 8.44. The molecule has 0 spiro atoms. The number of nitrogens with zero attached hydrogens (tertiary/aromatic N) is 1. The van der Waals surface area contributed by atoms with E-state index in [9.17, 15) is 9.59 Å². The minimum absolute atomic E-state index is 0.0690. The van der Waals surface area contributed by atoms with Gasteiger partial charge in [-0.25, -0.2) is 0 Å². The van der Waals surface area contributed by atoms with Crippen molar-refractivity contribution in [3.05, 3.63) is 53.5 Å². The summed E-state index contributed by atoms with van der Waals surface area (Å²) in [6, 6.07) is 9.69. The molecule has 0 aromatic heterocycles. The molecule has 1 heterocycles. The Kier molecular flexibility index (Phi) is 6.27. The summed E-state index contributed by atoms with van der Waals surface area (Å²) >= 11 is 1.47. The van der Waals surface area contributed by atoms with Crippen molar-refractivity contribution in [2.45, 2.75) is 19.0 Å². The van der Waals surface area contributed by atoms with Crippen LogP contribution in [0.2, 0.25) is 0 Å². The number of carbonyl (C=O) groups is 2. The van der Waals surface area contributed by atoms with Gasteiger partial charge in [0.15, 0.2) is 0 Å². The molecule has 116 valence electrons. The molecule has 0 radical (unpaired) electrons. The Labute approximate surface area is 135 Å². The van der Waals surface area contributed by atoms with Crippen LogP contribution in [0, 0.1) is 0 Å². The van der Waals surface area contributed by atoms with Crippen molar-refractivity contribution >= 4 is 29.7 Å². The molecule has 1 aromatic rings. The van der Waals surface area contributed by atoms with Crippen molar-refractivity contribution in [3.8, 4) is 0 Å². The first-order chi connectivity index (χ1) is 10.7. The van der Waals surface area contributed by atoms with Crippen LogP contribution >= 0.6 is 11.8 Å². The molecule has 2 rings (SSSR count). The largest absolute Gasteiger partial charge is 0.332 e. The van der Waals surface area contributed by atoms with Crippen molar-refractivity contribution in [3.63, 3.8) is 0 Å². The Morgan fingerprint density at radius 1 is 1.27 bits per heavy atom. The van der Waals surface area contributed by atoms with E-state index >= 15 is 0 Å². The van der Waals surface area contributed by atoms with Crippen molar-refractivity contribution in [1.82, 2.24) is 10.2 Å². The third-order valence-corrected chi connectivity index (χ3v) is 3.83. The molecule has 2 amide bonds. The molecule has 1 aliphatic heterocycles. The lowest BCUT2D eigenvalue weighted by atomic mass is 10.2. The van der Waals surface area contributed by atoms with Gasteiger partial charge in [-0.3, -0.25) is 9.59 Å². The second-order valence-corrected chi connectivity index (χ2v) is 5.72. The summed E-state index contributed by atoms with van der Waals surface area (Å²) < 4.78 is 0. The van der Waals surface area contributed by atoms with E-state index in [4.69, 9.17) is 0 Å². The van der Waals surface area contributed by atoms with Gasteiger partial charge in [0.1, 0.15) is 6.17 Å². The average Bonchev–Trinajstić information content (AvgIpc) is 2.99. The Morgan fingerprint density at radius 2 is 2.05 bits per heavy atom. The van der Waals surface area contributed by atoms with Crippen molar-refractivity contribution in [1.29, 1.82) is 0 Å². The lowest BCUT2D eigenvalue weighted by Crippen LogP contribution is -2.46. The molecule has 5 heteroatoms. The number of thioether (sulfide) groups is 1. The van der Waals surface area contributed by atoms with Crippen LogP contribution in [0.25, 0.3) is 6.08 Å². The van der Waals surface area contributed by atoms with Gasteiger partial charge in [-0.2, -0.15) is 0 Å². The number of nitrogens with one attached hydrogen (secondary N) is 1. The summed E-state index contributed by atoms with van der Waals surface area (Å²) in [6.45, 7) is 0.676. The molecule has 1 aliphatic rings. The molecule has 1 saturated heterocycles. The zero-order chi connectivity index (χ0) is 15.8. The summed E-state index contributed by atoms with van der Waals surface area (Å²) in [4.78, 5) is 25.7. The van der Waals surface area contributed by atoms with Gasteiger partial charge < -0.3 is 10.2 Å². The van der Waals surface area contributed by atoms with E-state index in [0.29, 0.717) is 6.54 Å². The molecule has 0 bridgehead atoms. The molecular formula is C17H20N2O2S. The van der Waals surface area contributed by atoms with Gasteiger partial charge in [0, 0.05) is 18.7 Å². The minimum atomic E-state index is -0.216. The Morgan fingerprint density at radius 3 is 2.77 bits per heavy atom. The molecule has 1 N–H and O–H groups in total. The van der Waals surface area contributed by atoms with Gasteiger partial charge in [0.05, 0.1) is 0 Å². The minimum Gasteiger partial charge on any atom is -0.332 e. The first-order valence-electron chi connectivity index (χ1n) is 7.24. The number of amides is 2. The van der Waals surface area contributed by atoms with Crippen LogP contribution in [0.4, 0.5) is 0 Å². The number of rotatable bonds is 5. The Hall–Kier alpha value is -2.01. The van der Waals surface area contributed by atoms with Gasteiger partial charge in [0.25, 0.3) is 0 Å². The van der Waals surface area contributed by atoms with E-state index in [-0.39, 0.29) is 18.0 Å². The third kappa shape index (κ3) is 4.77. The van der Waals surface area contributed by atoms with Crippen LogP contribution < -0.4 is 5.32 Å². The van der Waals surface area contributed by atoms with Crippen LogP contribution in [-0.4, -0.2) is 35.7 Å². The van der Waals surface area contributed by atoms with E-state index in [0.717, 1.165) is 18.4 Å². The molecule has 1 aromatic carbocycles. The van der Waals surface area contributed by atoms with Crippen molar-refractivity contribution in [2.75, 3.05) is 12.8 Å².